The Labute approximate surface area is 811 Å². The van der Waals surface area contributed by atoms with Crippen LogP contribution in [0, 0.1) is 13.8 Å². The van der Waals surface area contributed by atoms with Gasteiger partial charge in [0.1, 0.15) is 0 Å². The first kappa shape index (κ1) is 81.6. The largest absolute Gasteiger partial charge is 0.0622 e. The first-order valence-corrected chi connectivity index (χ1v) is 48.8. The summed E-state index contributed by atoms with van der Waals surface area (Å²) in [7, 11) is 0. The number of hydrogen-bond acceptors (Lipinski definition) is 0. The van der Waals surface area contributed by atoms with Crippen molar-refractivity contribution in [3.63, 3.8) is 0 Å². The Morgan fingerprint density at radius 2 is 0.293 bits per heavy atom. The molecule has 0 unspecified atom stereocenters. The standard InChI is InChI=1S/C52H32.C48H30.C40H28/c1-2-10-33(11-3-1)39-25-22-37-20-21-38-23-26-40(31-49(38)48(37)30-39)50-44-16-8-9-17-45(44)51(52-43-15-7-5-13-35(43)28-29-46(50)52)41-27-24-36-19-18-34-12-4-6-14-42(34)47(36)32-41;1-2-10-31(11-3-1)35-21-22-37-29-38(25-23-36(37)28-35)47-43-17-9-8-16-42(43)46(44-27-26-33-13-5-7-15-41(33)48(44)47)39-24-20-34-19-18-32-12-4-6-14-40(32)45(34)30-39;1-25-26(2)31-22-21-29(24-37(31)33-17-9-8-15-30(25)33)38-34-18-10-11-19-35(34)39(28-13-4-3-5-14-28)40-32-16-7-6-12-27(32)20-23-36(38)40/h1-32H;1-30H;3-24H,1-2H3. The summed E-state index contributed by atoms with van der Waals surface area (Å²) in [5.41, 5.74) is 22.9. The zero-order valence-corrected chi connectivity index (χ0v) is 77.5. The third-order valence-electron chi connectivity index (χ3n) is 30.2. The van der Waals surface area contributed by atoms with Gasteiger partial charge in [-0.25, -0.2) is 0 Å². The van der Waals surface area contributed by atoms with Gasteiger partial charge in [-0.3, -0.25) is 0 Å². The normalized spacial score (nSPS) is 11.8. The second-order valence-corrected chi connectivity index (χ2v) is 37.8. The van der Waals surface area contributed by atoms with Gasteiger partial charge in [-0.1, -0.05) is 467 Å². The fourth-order valence-electron chi connectivity index (χ4n) is 23.5. The van der Waals surface area contributed by atoms with Crippen molar-refractivity contribution in [3.05, 3.63) is 521 Å². The molecule has 0 fully saturated rings. The minimum atomic E-state index is 1.23. The molecule has 0 N–H and O–H groups in total. The Balaban J connectivity index is 0.000000106. The summed E-state index contributed by atoms with van der Waals surface area (Å²) < 4.78 is 0. The van der Waals surface area contributed by atoms with Crippen molar-refractivity contribution in [1.29, 1.82) is 0 Å². The smallest absolute Gasteiger partial charge is 0.00141 e. The Morgan fingerprint density at radius 1 is 0.0929 bits per heavy atom. The maximum absolute atomic E-state index is 2.44. The van der Waals surface area contributed by atoms with Crippen LogP contribution in [0.4, 0.5) is 0 Å². The minimum Gasteiger partial charge on any atom is -0.0622 e. The molecule has 0 saturated carbocycles. The van der Waals surface area contributed by atoms with E-state index in [2.05, 4.69) is 523 Å². The molecular weight excluding hydrogens is 1680 g/mol. The topological polar surface area (TPSA) is 0 Å². The van der Waals surface area contributed by atoms with Crippen LogP contribution in [0.5, 0.6) is 0 Å². The lowest BCUT2D eigenvalue weighted by atomic mass is 9.83. The van der Waals surface area contributed by atoms with Crippen molar-refractivity contribution in [2.45, 2.75) is 13.8 Å². The van der Waals surface area contributed by atoms with Gasteiger partial charge in [-0.2, -0.15) is 0 Å². The van der Waals surface area contributed by atoms with E-state index in [1.54, 1.807) is 0 Å². The zero-order chi connectivity index (χ0) is 92.6. The summed E-state index contributed by atoms with van der Waals surface area (Å²) in [6, 6.07) is 188. The molecule has 0 aliphatic rings. The van der Waals surface area contributed by atoms with Gasteiger partial charge in [0.25, 0.3) is 0 Å². The zero-order valence-electron chi connectivity index (χ0n) is 77.5. The van der Waals surface area contributed by atoms with E-state index in [-0.39, 0.29) is 0 Å². The van der Waals surface area contributed by atoms with E-state index in [0.29, 0.717) is 0 Å². The number of fused-ring (bicyclic) bond motifs is 25. The predicted octanol–water partition coefficient (Wildman–Crippen LogP) is 39.8. The molecule has 0 bridgehead atoms. The molecule has 29 aromatic carbocycles. The highest BCUT2D eigenvalue weighted by Crippen LogP contribution is 2.53. The van der Waals surface area contributed by atoms with Crippen molar-refractivity contribution in [3.8, 4) is 89.0 Å². The van der Waals surface area contributed by atoms with Crippen molar-refractivity contribution in [2.75, 3.05) is 0 Å². The summed E-state index contributed by atoms with van der Waals surface area (Å²) in [5.74, 6) is 0. The van der Waals surface area contributed by atoms with E-state index >= 15 is 0 Å². The summed E-state index contributed by atoms with van der Waals surface area (Å²) in [4.78, 5) is 0. The Hall–Kier alpha value is -17.9. The molecule has 0 radical (unpaired) electrons. The third kappa shape index (κ3) is 13.6. The van der Waals surface area contributed by atoms with Crippen LogP contribution >= 0.6 is 0 Å². The van der Waals surface area contributed by atoms with Crippen molar-refractivity contribution in [1.82, 2.24) is 0 Å². The molecule has 0 nitrogen and oxygen atoms in total. The van der Waals surface area contributed by atoms with Gasteiger partial charge in [0.2, 0.25) is 0 Å². The summed E-state index contributed by atoms with van der Waals surface area (Å²) in [6.07, 6.45) is 0. The van der Waals surface area contributed by atoms with E-state index in [0.717, 1.165) is 0 Å². The van der Waals surface area contributed by atoms with Gasteiger partial charge in [0.05, 0.1) is 0 Å². The average Bonchev–Trinajstić information content (AvgIpc) is 0.720. The van der Waals surface area contributed by atoms with Crippen molar-refractivity contribution < 1.29 is 0 Å². The number of rotatable bonds is 8. The van der Waals surface area contributed by atoms with Gasteiger partial charge >= 0.3 is 0 Å². The molecule has 0 atom stereocenters. The fraction of sp³-hybridized carbons (Fsp3) is 0.0143. The lowest BCUT2D eigenvalue weighted by Gasteiger charge is -2.20. The maximum atomic E-state index is 2.44. The Kier molecular flexibility index (Phi) is 19.6. The number of aryl methyl sites for hydroxylation is 2. The van der Waals surface area contributed by atoms with E-state index in [1.807, 2.05) is 0 Å². The van der Waals surface area contributed by atoms with Gasteiger partial charge in [-0.15, -0.1) is 0 Å². The molecule has 0 heterocycles. The molecule has 0 aromatic heterocycles. The first-order valence-electron chi connectivity index (χ1n) is 48.8. The lowest BCUT2D eigenvalue weighted by Crippen LogP contribution is -1.93. The molecule has 0 aliphatic heterocycles. The van der Waals surface area contributed by atoms with Gasteiger partial charge < -0.3 is 0 Å². The Bertz CT molecular complexity index is 10200. The average molecular weight is 1770 g/mol. The molecule has 0 amide bonds. The van der Waals surface area contributed by atoms with Crippen LogP contribution in [0.3, 0.4) is 0 Å². The SMILES string of the molecule is Cc1c(C)c2ccc(-c3c4ccccc4c(-c4ccccc4)c4c3ccc3ccccc34)cc2c2ccccc12.c1ccc(-c2ccc3cc(-c4c5ccccc5c(-c5ccc6ccc7ccccc7c6c5)c5ccc6ccccc6c45)ccc3c2)cc1.c1ccc(-c2ccc3ccc4ccc(-c5c6ccccc6c(-c6ccc7ccc8ccccc8c7c6)c6c5ccc5ccccc56)cc4c3c2)cc1. The lowest BCUT2D eigenvalue weighted by molar-refractivity contribution is 1.41. The van der Waals surface area contributed by atoms with Crippen LogP contribution in [0.2, 0.25) is 0 Å². The van der Waals surface area contributed by atoms with Crippen LogP contribution < -0.4 is 0 Å². The summed E-state index contributed by atoms with van der Waals surface area (Å²) >= 11 is 0. The van der Waals surface area contributed by atoms with Crippen LogP contribution in [-0.4, -0.2) is 0 Å². The summed E-state index contributed by atoms with van der Waals surface area (Å²) in [6.45, 7) is 4.51. The molecule has 29 aromatic rings. The second-order valence-electron chi connectivity index (χ2n) is 37.8. The highest BCUT2D eigenvalue weighted by Gasteiger charge is 2.26. The van der Waals surface area contributed by atoms with Gasteiger partial charge in [-0.05, 0) is 350 Å². The number of benzene rings is 29. The van der Waals surface area contributed by atoms with Crippen molar-refractivity contribution in [2.24, 2.45) is 0 Å². The van der Waals surface area contributed by atoms with E-state index in [9.17, 15) is 0 Å². The van der Waals surface area contributed by atoms with Gasteiger partial charge in [0, 0.05) is 0 Å². The van der Waals surface area contributed by atoms with Crippen LogP contribution in [0.25, 0.3) is 283 Å². The molecule has 650 valence electrons. The van der Waals surface area contributed by atoms with Crippen LogP contribution in [-0.2, 0) is 0 Å². The molecule has 0 saturated heterocycles. The van der Waals surface area contributed by atoms with Crippen LogP contribution in [0.1, 0.15) is 11.1 Å². The van der Waals surface area contributed by atoms with E-state index in [4.69, 9.17) is 0 Å². The molecule has 29 rings (SSSR count). The van der Waals surface area contributed by atoms with Crippen molar-refractivity contribution >= 4 is 194 Å². The molecular formula is C140H90. The predicted molar refractivity (Wildman–Crippen MR) is 607 cm³/mol. The Morgan fingerprint density at radius 3 is 0.671 bits per heavy atom. The monoisotopic (exact) mass is 1770 g/mol. The van der Waals surface area contributed by atoms with E-state index < -0.39 is 0 Å². The second kappa shape index (κ2) is 33.6. The molecule has 0 aliphatic carbocycles. The summed E-state index contributed by atoms with van der Waals surface area (Å²) in [5, 5.41) is 46.1. The highest BCUT2D eigenvalue weighted by atomic mass is 14.3. The minimum absolute atomic E-state index is 1.23. The quantitative estimate of drug-likeness (QED) is 0.105. The van der Waals surface area contributed by atoms with Crippen LogP contribution in [0.15, 0.2) is 510 Å². The first-order chi connectivity index (χ1) is 69.3. The third-order valence-corrected chi connectivity index (χ3v) is 30.2. The molecule has 0 heteroatoms. The fourth-order valence-corrected chi connectivity index (χ4v) is 23.5. The maximum Gasteiger partial charge on any atom is -0.00141 e. The van der Waals surface area contributed by atoms with Gasteiger partial charge in [0.15, 0.2) is 0 Å². The molecule has 140 heavy (non-hydrogen) atoms. The molecule has 0 spiro atoms. The van der Waals surface area contributed by atoms with E-state index in [1.165, 1.54) is 294 Å². The number of hydrogen-bond donors (Lipinski definition) is 0. The highest BCUT2D eigenvalue weighted by molar-refractivity contribution is 6.33.